The molecule has 0 saturated carbocycles. The number of carbonyl (C=O) groups is 1. The van der Waals surface area contributed by atoms with E-state index in [0.717, 1.165) is 11.0 Å². The van der Waals surface area contributed by atoms with E-state index < -0.39 is 47.9 Å². The van der Waals surface area contributed by atoms with Crippen LogP contribution in [0.5, 0.6) is 0 Å². The summed E-state index contributed by atoms with van der Waals surface area (Å²) in [4.78, 5) is 16.5. The standard InChI is InChI=1S/C21H20F6N4O3/c1-10(2)33-19(32)16(17-11(3)30-34-12(17)4)8-31-9-28-18(29-31)13-5-14(20(22,23)24)7-15(6-13)21(25,26)27/h5-6,8-10,14H,7H2,1-4H3/b16-8+. The van der Waals surface area contributed by atoms with Crippen molar-refractivity contribution < 1.29 is 40.4 Å². The highest BCUT2D eigenvalue weighted by molar-refractivity contribution is 6.20. The van der Waals surface area contributed by atoms with Crippen LogP contribution in [0.3, 0.4) is 0 Å². The van der Waals surface area contributed by atoms with Crippen molar-refractivity contribution in [1.82, 2.24) is 19.9 Å². The van der Waals surface area contributed by atoms with Crippen LogP contribution in [0.1, 0.15) is 43.1 Å². The number of ether oxygens (including phenoxy) is 1. The highest BCUT2D eigenvalue weighted by Crippen LogP contribution is 2.43. The summed E-state index contributed by atoms with van der Waals surface area (Å²) < 4.78 is 90.6. The predicted octanol–water partition coefficient (Wildman–Crippen LogP) is 5.29. The molecule has 2 heterocycles. The van der Waals surface area contributed by atoms with E-state index in [-0.39, 0.29) is 11.4 Å². The summed E-state index contributed by atoms with van der Waals surface area (Å²) in [5.74, 6) is -3.17. The third kappa shape index (κ3) is 5.57. The van der Waals surface area contributed by atoms with Gasteiger partial charge in [-0.1, -0.05) is 11.2 Å². The number of halogens is 6. The van der Waals surface area contributed by atoms with Crippen LogP contribution in [-0.4, -0.2) is 44.3 Å². The molecular formula is C21H20F6N4O3. The number of aryl methyl sites for hydroxylation is 2. The lowest BCUT2D eigenvalue weighted by Gasteiger charge is -2.24. The quantitative estimate of drug-likeness (QED) is 0.322. The third-order valence-electron chi connectivity index (χ3n) is 4.83. The molecule has 0 radical (unpaired) electrons. The molecule has 1 atom stereocenters. The normalized spacial score (nSPS) is 17.6. The lowest BCUT2D eigenvalue weighted by atomic mass is 9.89. The minimum atomic E-state index is -4.94. The maximum absolute atomic E-state index is 13.2. The molecule has 13 heteroatoms. The first-order valence-corrected chi connectivity index (χ1v) is 10.0. The Balaban J connectivity index is 2.05. The second-order valence-electron chi connectivity index (χ2n) is 7.89. The van der Waals surface area contributed by atoms with Gasteiger partial charge in [-0.2, -0.15) is 26.3 Å². The van der Waals surface area contributed by atoms with Crippen molar-refractivity contribution in [1.29, 1.82) is 0 Å². The number of allylic oxidation sites excluding steroid dienone is 4. The average molecular weight is 490 g/mol. The van der Waals surface area contributed by atoms with Gasteiger partial charge in [0, 0.05) is 17.3 Å². The Morgan fingerprint density at radius 1 is 1.24 bits per heavy atom. The van der Waals surface area contributed by atoms with Crippen LogP contribution < -0.4 is 0 Å². The molecule has 1 aliphatic carbocycles. The van der Waals surface area contributed by atoms with Gasteiger partial charge >= 0.3 is 18.3 Å². The summed E-state index contributed by atoms with van der Waals surface area (Å²) in [6.45, 7) is 6.41. The van der Waals surface area contributed by atoms with Gasteiger partial charge in [0.1, 0.15) is 12.1 Å². The Labute approximate surface area is 189 Å². The third-order valence-corrected chi connectivity index (χ3v) is 4.83. The SMILES string of the molecule is Cc1noc(C)c1/C(=C\n1cnc(C2=CC(C(F)(F)F)CC(C(F)(F)F)=C2)n1)C(=O)OC(C)C. The summed E-state index contributed by atoms with van der Waals surface area (Å²) >= 11 is 0. The van der Waals surface area contributed by atoms with Crippen LogP contribution >= 0.6 is 0 Å². The molecule has 2 aromatic heterocycles. The molecule has 0 bridgehead atoms. The van der Waals surface area contributed by atoms with Crippen molar-refractivity contribution >= 4 is 23.3 Å². The fraction of sp³-hybridized carbons (Fsp3) is 0.429. The van der Waals surface area contributed by atoms with Crippen molar-refractivity contribution in [2.75, 3.05) is 0 Å². The number of rotatable bonds is 5. The summed E-state index contributed by atoms with van der Waals surface area (Å²) in [5, 5.41) is 7.74. The van der Waals surface area contributed by atoms with E-state index in [1.165, 1.54) is 6.20 Å². The summed E-state index contributed by atoms with van der Waals surface area (Å²) in [6.07, 6.45) is -8.04. The molecule has 7 nitrogen and oxygen atoms in total. The number of hydrogen-bond acceptors (Lipinski definition) is 6. The molecule has 2 aromatic rings. The van der Waals surface area contributed by atoms with Gasteiger partial charge in [0.2, 0.25) is 0 Å². The van der Waals surface area contributed by atoms with Crippen molar-refractivity contribution in [2.45, 2.75) is 52.6 Å². The van der Waals surface area contributed by atoms with Gasteiger partial charge in [0.05, 0.1) is 28.9 Å². The van der Waals surface area contributed by atoms with Crippen molar-refractivity contribution in [2.24, 2.45) is 5.92 Å². The molecule has 34 heavy (non-hydrogen) atoms. The van der Waals surface area contributed by atoms with E-state index in [4.69, 9.17) is 9.26 Å². The number of alkyl halides is 6. The Hall–Kier alpha value is -3.38. The van der Waals surface area contributed by atoms with Crippen molar-refractivity contribution in [3.63, 3.8) is 0 Å². The monoisotopic (exact) mass is 490 g/mol. The van der Waals surface area contributed by atoms with Crippen LogP contribution in [0.15, 0.2) is 28.6 Å². The zero-order valence-electron chi connectivity index (χ0n) is 18.5. The van der Waals surface area contributed by atoms with Crippen LogP contribution in [0.2, 0.25) is 0 Å². The Morgan fingerprint density at radius 2 is 1.91 bits per heavy atom. The zero-order chi connectivity index (χ0) is 25.4. The fourth-order valence-corrected chi connectivity index (χ4v) is 3.32. The van der Waals surface area contributed by atoms with Gasteiger partial charge in [-0.3, -0.25) is 0 Å². The molecule has 0 aromatic carbocycles. The molecule has 0 amide bonds. The molecule has 1 aliphatic rings. The maximum atomic E-state index is 13.2. The predicted molar refractivity (Wildman–Crippen MR) is 108 cm³/mol. The van der Waals surface area contributed by atoms with E-state index >= 15 is 0 Å². The number of hydrogen-bond donors (Lipinski definition) is 0. The summed E-state index contributed by atoms with van der Waals surface area (Å²) in [7, 11) is 0. The largest absolute Gasteiger partial charge is 0.459 e. The molecule has 0 N–H and O–H groups in total. The van der Waals surface area contributed by atoms with Crippen LogP contribution in [0, 0.1) is 19.8 Å². The highest BCUT2D eigenvalue weighted by Gasteiger charge is 2.45. The number of carbonyl (C=O) groups excluding carboxylic acids is 1. The van der Waals surface area contributed by atoms with E-state index in [1.54, 1.807) is 27.7 Å². The Bertz CT molecular complexity index is 1150. The Morgan fingerprint density at radius 3 is 2.44 bits per heavy atom. The van der Waals surface area contributed by atoms with Gasteiger partial charge in [-0.25, -0.2) is 14.5 Å². The molecule has 184 valence electrons. The van der Waals surface area contributed by atoms with E-state index in [9.17, 15) is 31.1 Å². The second-order valence-corrected chi connectivity index (χ2v) is 7.89. The number of aromatic nitrogens is 4. The number of nitrogens with zero attached hydrogens (tertiary/aromatic N) is 4. The van der Waals surface area contributed by atoms with Gasteiger partial charge in [0.15, 0.2) is 5.82 Å². The van der Waals surface area contributed by atoms with E-state index in [0.29, 0.717) is 29.2 Å². The first kappa shape index (κ1) is 25.2. The summed E-state index contributed by atoms with van der Waals surface area (Å²) in [5.41, 5.74) is -1.12. The topological polar surface area (TPSA) is 83.0 Å². The minimum absolute atomic E-state index is 0.0290. The molecule has 1 unspecified atom stereocenters. The smallest absolute Gasteiger partial charge is 0.412 e. The lowest BCUT2D eigenvalue weighted by molar-refractivity contribution is -0.165. The van der Waals surface area contributed by atoms with Crippen molar-refractivity contribution in [3.05, 3.63) is 46.9 Å². The zero-order valence-corrected chi connectivity index (χ0v) is 18.5. The van der Waals surface area contributed by atoms with Crippen LogP contribution in [0.25, 0.3) is 17.3 Å². The maximum Gasteiger partial charge on any atom is 0.412 e. The molecule has 3 rings (SSSR count). The first-order chi connectivity index (χ1) is 15.7. The van der Waals surface area contributed by atoms with Gasteiger partial charge < -0.3 is 9.26 Å². The van der Waals surface area contributed by atoms with Gasteiger partial charge in [-0.15, -0.1) is 5.10 Å². The average Bonchev–Trinajstić information content (AvgIpc) is 3.30. The highest BCUT2D eigenvalue weighted by atomic mass is 19.4. The van der Waals surface area contributed by atoms with Gasteiger partial charge in [0.25, 0.3) is 0 Å². The molecule has 0 fully saturated rings. The van der Waals surface area contributed by atoms with Gasteiger partial charge in [-0.05, 0) is 40.2 Å². The molecular weight excluding hydrogens is 470 g/mol. The molecule has 0 saturated heterocycles. The van der Waals surface area contributed by atoms with E-state index in [1.807, 2.05) is 0 Å². The lowest BCUT2D eigenvalue weighted by Crippen LogP contribution is -2.27. The van der Waals surface area contributed by atoms with Crippen LogP contribution in [-0.2, 0) is 9.53 Å². The summed E-state index contributed by atoms with van der Waals surface area (Å²) in [6, 6.07) is 0. The second kappa shape index (κ2) is 9.11. The number of esters is 1. The first-order valence-electron chi connectivity index (χ1n) is 10.0. The fourth-order valence-electron chi connectivity index (χ4n) is 3.32. The van der Waals surface area contributed by atoms with Crippen molar-refractivity contribution in [3.8, 4) is 0 Å². The van der Waals surface area contributed by atoms with E-state index in [2.05, 4.69) is 15.2 Å². The molecule has 0 spiro atoms. The minimum Gasteiger partial charge on any atom is -0.459 e. The van der Waals surface area contributed by atoms with Crippen LogP contribution in [0.4, 0.5) is 26.3 Å². The Kier molecular flexibility index (Phi) is 6.76. The molecule has 0 aliphatic heterocycles.